The van der Waals surface area contributed by atoms with E-state index in [-0.39, 0.29) is 17.3 Å². The average molecular weight is 286 g/mol. The fourth-order valence-electron chi connectivity index (χ4n) is 2.05. The highest BCUT2D eigenvalue weighted by Gasteiger charge is 2.46. The number of nitriles is 1. The smallest absolute Gasteiger partial charge is 0.252 e. The van der Waals surface area contributed by atoms with Crippen molar-refractivity contribution in [2.45, 2.75) is 29.6 Å². The number of hydrogen-bond acceptors (Lipinski definition) is 5. The first-order valence-electron chi connectivity index (χ1n) is 5.64. The van der Waals surface area contributed by atoms with Crippen LogP contribution in [0.3, 0.4) is 0 Å². The molecule has 1 aliphatic rings. The van der Waals surface area contributed by atoms with Crippen molar-refractivity contribution in [3.8, 4) is 6.07 Å². The molecule has 2 heterocycles. The normalized spacial score (nSPS) is 19.2. The van der Waals surface area contributed by atoms with Crippen molar-refractivity contribution in [2.24, 2.45) is 0 Å². The van der Waals surface area contributed by atoms with Gasteiger partial charge in [0.15, 0.2) is 0 Å². The van der Waals surface area contributed by atoms with Crippen LogP contribution >= 0.6 is 11.3 Å². The fourth-order valence-corrected chi connectivity index (χ4v) is 4.91. The largest absolute Gasteiger partial charge is 0.387 e. The quantitative estimate of drug-likeness (QED) is 0.900. The first kappa shape index (κ1) is 13.5. The maximum Gasteiger partial charge on any atom is 0.252 e. The lowest BCUT2D eigenvalue weighted by atomic mass is 9.92. The van der Waals surface area contributed by atoms with Gasteiger partial charge >= 0.3 is 0 Å². The lowest BCUT2D eigenvalue weighted by molar-refractivity contribution is -0.0652. The number of β-amino-alcohol motifs (C(OH)–C–C–N with tert-alkyl or cyclic N) is 1. The van der Waals surface area contributed by atoms with Gasteiger partial charge in [0.05, 0.1) is 5.60 Å². The highest BCUT2D eigenvalue weighted by molar-refractivity contribution is 7.91. The average Bonchev–Trinajstić information content (AvgIpc) is 2.75. The van der Waals surface area contributed by atoms with Gasteiger partial charge in [-0.2, -0.15) is 9.57 Å². The molecule has 0 atom stereocenters. The van der Waals surface area contributed by atoms with Gasteiger partial charge in [0.2, 0.25) is 0 Å². The molecule has 0 aliphatic carbocycles. The molecule has 0 radical (unpaired) electrons. The molecule has 0 aromatic carbocycles. The van der Waals surface area contributed by atoms with Crippen LogP contribution in [-0.2, 0) is 10.0 Å². The topological polar surface area (TPSA) is 81.4 Å². The Kier molecular flexibility index (Phi) is 3.47. The summed E-state index contributed by atoms with van der Waals surface area (Å²) in [5, 5.41) is 18.7. The van der Waals surface area contributed by atoms with Crippen molar-refractivity contribution in [1.29, 1.82) is 5.26 Å². The van der Waals surface area contributed by atoms with Gasteiger partial charge in [0.25, 0.3) is 10.0 Å². The van der Waals surface area contributed by atoms with Crippen LogP contribution in [0.2, 0.25) is 0 Å². The third-order valence-electron chi connectivity index (χ3n) is 2.94. The van der Waals surface area contributed by atoms with E-state index in [1.165, 1.54) is 16.4 Å². The van der Waals surface area contributed by atoms with Crippen LogP contribution in [-0.4, -0.2) is 36.5 Å². The fraction of sp³-hybridized carbons (Fsp3) is 0.545. The third kappa shape index (κ3) is 2.29. The summed E-state index contributed by atoms with van der Waals surface area (Å²) in [4.78, 5) is 0.373. The predicted octanol–water partition coefficient (Wildman–Crippen LogP) is 1.16. The molecular formula is C11H14N2O3S2. The van der Waals surface area contributed by atoms with Gasteiger partial charge in [-0.15, -0.1) is 11.3 Å². The molecule has 1 fully saturated rings. The zero-order valence-corrected chi connectivity index (χ0v) is 11.6. The monoisotopic (exact) mass is 286 g/mol. The lowest BCUT2D eigenvalue weighted by Gasteiger charge is -2.45. The van der Waals surface area contributed by atoms with E-state index in [9.17, 15) is 13.5 Å². The molecule has 98 valence electrons. The van der Waals surface area contributed by atoms with E-state index < -0.39 is 15.6 Å². The van der Waals surface area contributed by atoms with E-state index >= 15 is 0 Å². The van der Waals surface area contributed by atoms with Crippen molar-refractivity contribution < 1.29 is 13.5 Å². The second-order valence-corrected chi connectivity index (χ2v) is 7.73. The predicted molar refractivity (Wildman–Crippen MR) is 67.7 cm³/mol. The molecule has 1 aliphatic heterocycles. The van der Waals surface area contributed by atoms with Crippen LogP contribution < -0.4 is 0 Å². The second-order valence-electron chi connectivity index (χ2n) is 4.48. The lowest BCUT2D eigenvalue weighted by Crippen LogP contribution is -2.63. The molecule has 0 unspecified atom stereocenters. The van der Waals surface area contributed by atoms with Crippen LogP contribution in [0.5, 0.6) is 0 Å². The zero-order chi connectivity index (χ0) is 13.4. The molecular weight excluding hydrogens is 272 g/mol. The standard InChI is InChI=1S/C11H14N2O3S2/c1-2-5-11(14)7-13(8-11)18(15,16)10-4-3-9(6-12)17-10/h3-4,14H,2,5,7-8H2,1H3. The second kappa shape index (κ2) is 4.63. The third-order valence-corrected chi connectivity index (χ3v) is 6.19. The van der Waals surface area contributed by atoms with Gasteiger partial charge in [-0.05, 0) is 18.6 Å². The summed E-state index contributed by atoms with van der Waals surface area (Å²) < 4.78 is 25.7. The van der Waals surface area contributed by atoms with E-state index in [4.69, 9.17) is 5.26 Å². The Morgan fingerprint density at radius 3 is 2.72 bits per heavy atom. The molecule has 18 heavy (non-hydrogen) atoms. The van der Waals surface area contributed by atoms with E-state index in [0.717, 1.165) is 17.8 Å². The van der Waals surface area contributed by atoms with Crippen molar-refractivity contribution in [1.82, 2.24) is 4.31 Å². The summed E-state index contributed by atoms with van der Waals surface area (Å²) in [6.45, 7) is 2.24. The summed E-state index contributed by atoms with van der Waals surface area (Å²) in [6, 6.07) is 4.85. The maximum atomic E-state index is 12.2. The summed E-state index contributed by atoms with van der Waals surface area (Å²) >= 11 is 0.959. The van der Waals surface area contributed by atoms with Crippen molar-refractivity contribution >= 4 is 21.4 Å². The van der Waals surface area contributed by atoms with Crippen LogP contribution in [0, 0.1) is 11.3 Å². The molecule has 0 spiro atoms. The summed E-state index contributed by atoms with van der Waals surface area (Å²) in [5.41, 5.74) is -0.878. The number of aliphatic hydroxyl groups is 1. The molecule has 5 nitrogen and oxygen atoms in total. The molecule has 1 aromatic rings. The van der Waals surface area contributed by atoms with E-state index in [0.29, 0.717) is 11.3 Å². The van der Waals surface area contributed by atoms with Crippen molar-refractivity contribution in [2.75, 3.05) is 13.1 Å². The minimum Gasteiger partial charge on any atom is -0.387 e. The van der Waals surface area contributed by atoms with E-state index in [2.05, 4.69) is 0 Å². The van der Waals surface area contributed by atoms with Gasteiger partial charge in [0.1, 0.15) is 15.2 Å². The first-order chi connectivity index (χ1) is 8.41. The minimum atomic E-state index is -3.54. The van der Waals surface area contributed by atoms with Gasteiger partial charge < -0.3 is 5.11 Å². The van der Waals surface area contributed by atoms with Gasteiger partial charge in [-0.1, -0.05) is 13.3 Å². The summed E-state index contributed by atoms with van der Waals surface area (Å²) in [6.07, 6.45) is 1.43. The molecule has 0 saturated carbocycles. The molecule has 1 N–H and O–H groups in total. The van der Waals surface area contributed by atoms with Crippen LogP contribution in [0.25, 0.3) is 0 Å². The molecule has 2 rings (SSSR count). The molecule has 1 saturated heterocycles. The number of nitrogens with zero attached hydrogens (tertiary/aromatic N) is 2. The molecule has 0 amide bonds. The van der Waals surface area contributed by atoms with Crippen LogP contribution in [0.15, 0.2) is 16.3 Å². The Balaban J connectivity index is 2.13. The highest BCUT2D eigenvalue weighted by Crippen LogP contribution is 2.33. The maximum absolute atomic E-state index is 12.2. The van der Waals surface area contributed by atoms with Crippen LogP contribution in [0.4, 0.5) is 0 Å². The van der Waals surface area contributed by atoms with Crippen LogP contribution in [0.1, 0.15) is 24.6 Å². The summed E-state index contributed by atoms with van der Waals surface area (Å²) in [7, 11) is -3.54. The zero-order valence-electron chi connectivity index (χ0n) is 9.96. The van der Waals surface area contributed by atoms with Crippen molar-refractivity contribution in [3.05, 3.63) is 17.0 Å². The number of sulfonamides is 1. The SMILES string of the molecule is CCCC1(O)CN(S(=O)(=O)c2ccc(C#N)s2)C1. The Labute approximate surface area is 110 Å². The highest BCUT2D eigenvalue weighted by atomic mass is 32.2. The number of thiophene rings is 1. The Morgan fingerprint density at radius 1 is 1.56 bits per heavy atom. The summed E-state index contributed by atoms with van der Waals surface area (Å²) in [5.74, 6) is 0. The molecule has 0 bridgehead atoms. The van der Waals surface area contributed by atoms with Gasteiger partial charge in [-0.3, -0.25) is 0 Å². The van der Waals surface area contributed by atoms with Crippen molar-refractivity contribution in [3.63, 3.8) is 0 Å². The van der Waals surface area contributed by atoms with Gasteiger partial charge in [0, 0.05) is 13.1 Å². The number of rotatable bonds is 4. The van der Waals surface area contributed by atoms with Gasteiger partial charge in [-0.25, -0.2) is 8.42 Å². The Bertz CT molecular complexity index is 580. The molecule has 7 heteroatoms. The first-order valence-corrected chi connectivity index (χ1v) is 7.89. The number of hydrogen-bond donors (Lipinski definition) is 1. The van der Waals surface area contributed by atoms with E-state index in [1.54, 1.807) is 0 Å². The molecule has 1 aromatic heterocycles. The van der Waals surface area contributed by atoms with E-state index in [1.807, 2.05) is 13.0 Å². The minimum absolute atomic E-state index is 0.142. The Hall–Kier alpha value is -0.940. The Morgan fingerprint density at radius 2 is 2.22 bits per heavy atom.